The standard InChI is InChI=1S/C7H14N2O/c10-9-3-1-2-6-4-8-5-7(6)9/h6-8,10H,1-5H2. The minimum Gasteiger partial charge on any atom is -0.315 e. The van der Waals surface area contributed by atoms with Crippen molar-refractivity contribution in [2.75, 3.05) is 19.6 Å². The summed E-state index contributed by atoms with van der Waals surface area (Å²) in [5.74, 6) is 0.707. The van der Waals surface area contributed by atoms with Crippen LogP contribution in [0.15, 0.2) is 0 Å². The normalized spacial score (nSPS) is 41.7. The number of hydroxylamine groups is 2. The lowest BCUT2D eigenvalue weighted by atomic mass is 9.94. The molecule has 2 atom stereocenters. The molecule has 0 saturated carbocycles. The van der Waals surface area contributed by atoms with Crippen LogP contribution in [0.5, 0.6) is 0 Å². The van der Waals surface area contributed by atoms with Gasteiger partial charge in [-0.3, -0.25) is 0 Å². The van der Waals surface area contributed by atoms with E-state index < -0.39 is 0 Å². The third-order valence-electron chi connectivity index (χ3n) is 2.65. The van der Waals surface area contributed by atoms with Gasteiger partial charge in [0.1, 0.15) is 0 Å². The maximum Gasteiger partial charge on any atom is 0.0515 e. The van der Waals surface area contributed by atoms with Crippen LogP contribution in [0.4, 0.5) is 0 Å². The Morgan fingerprint density at radius 2 is 2.30 bits per heavy atom. The highest BCUT2D eigenvalue weighted by atomic mass is 16.5. The predicted molar refractivity (Wildman–Crippen MR) is 37.9 cm³/mol. The van der Waals surface area contributed by atoms with Crippen LogP contribution in [0.3, 0.4) is 0 Å². The van der Waals surface area contributed by atoms with Crippen molar-refractivity contribution >= 4 is 0 Å². The summed E-state index contributed by atoms with van der Waals surface area (Å²) in [7, 11) is 0. The van der Waals surface area contributed by atoms with Crippen molar-refractivity contribution in [2.45, 2.75) is 18.9 Å². The monoisotopic (exact) mass is 142 g/mol. The molecule has 10 heavy (non-hydrogen) atoms. The largest absolute Gasteiger partial charge is 0.315 e. The fraction of sp³-hybridized carbons (Fsp3) is 1.00. The van der Waals surface area contributed by atoms with Gasteiger partial charge in [0, 0.05) is 13.1 Å². The molecule has 3 nitrogen and oxygen atoms in total. The number of hydrogen-bond donors (Lipinski definition) is 2. The summed E-state index contributed by atoms with van der Waals surface area (Å²) in [6.07, 6.45) is 2.44. The van der Waals surface area contributed by atoms with E-state index in [0.29, 0.717) is 12.0 Å². The Hall–Kier alpha value is -0.120. The van der Waals surface area contributed by atoms with Gasteiger partial charge in [0.15, 0.2) is 0 Å². The Kier molecular flexibility index (Phi) is 1.64. The highest BCUT2D eigenvalue weighted by molar-refractivity contribution is 4.88. The molecule has 58 valence electrons. The molecule has 2 aliphatic heterocycles. The van der Waals surface area contributed by atoms with Crippen LogP contribution < -0.4 is 5.32 Å². The van der Waals surface area contributed by atoms with Gasteiger partial charge in [0.25, 0.3) is 0 Å². The van der Waals surface area contributed by atoms with Crippen molar-refractivity contribution in [3.8, 4) is 0 Å². The zero-order chi connectivity index (χ0) is 6.97. The molecule has 2 aliphatic rings. The molecule has 0 aromatic rings. The van der Waals surface area contributed by atoms with Gasteiger partial charge in [-0.15, -0.1) is 0 Å². The zero-order valence-corrected chi connectivity index (χ0v) is 6.08. The Bertz CT molecular complexity index is 129. The molecule has 0 aliphatic carbocycles. The Balaban J connectivity index is 2.03. The predicted octanol–water partition coefficient (Wildman–Crippen LogP) is 0.0594. The summed E-state index contributed by atoms with van der Waals surface area (Å²) in [5.41, 5.74) is 0. The first-order valence-corrected chi connectivity index (χ1v) is 4.04. The molecule has 0 radical (unpaired) electrons. The lowest BCUT2D eigenvalue weighted by molar-refractivity contribution is -0.147. The van der Waals surface area contributed by atoms with E-state index in [2.05, 4.69) is 5.32 Å². The van der Waals surface area contributed by atoms with Crippen LogP contribution >= 0.6 is 0 Å². The van der Waals surface area contributed by atoms with Gasteiger partial charge in [-0.2, -0.15) is 5.06 Å². The first-order valence-electron chi connectivity index (χ1n) is 4.04. The molecule has 2 N–H and O–H groups in total. The molecule has 3 heteroatoms. The van der Waals surface area contributed by atoms with E-state index in [1.165, 1.54) is 11.5 Å². The van der Waals surface area contributed by atoms with Gasteiger partial charge in [0.2, 0.25) is 0 Å². The van der Waals surface area contributed by atoms with Gasteiger partial charge in [-0.1, -0.05) is 0 Å². The summed E-state index contributed by atoms with van der Waals surface area (Å²) in [5, 5.41) is 14.2. The number of nitrogens with zero attached hydrogens (tertiary/aromatic N) is 1. The first-order chi connectivity index (χ1) is 4.88. The Morgan fingerprint density at radius 3 is 3.10 bits per heavy atom. The van der Waals surface area contributed by atoms with Crippen LogP contribution in [0.2, 0.25) is 0 Å². The highest BCUT2D eigenvalue weighted by Crippen LogP contribution is 2.24. The second kappa shape index (κ2) is 2.49. The number of piperidine rings is 1. The molecule has 0 aromatic carbocycles. The van der Waals surface area contributed by atoms with E-state index in [9.17, 15) is 5.21 Å². The smallest absolute Gasteiger partial charge is 0.0515 e. The Labute approximate surface area is 61.0 Å². The van der Waals surface area contributed by atoms with Crippen LogP contribution in [0.1, 0.15) is 12.8 Å². The molecule has 2 saturated heterocycles. The van der Waals surface area contributed by atoms with Gasteiger partial charge >= 0.3 is 0 Å². The average molecular weight is 142 g/mol. The molecule has 0 aromatic heterocycles. The van der Waals surface area contributed by atoms with E-state index >= 15 is 0 Å². The molecular weight excluding hydrogens is 128 g/mol. The number of nitrogens with one attached hydrogen (secondary N) is 1. The van der Waals surface area contributed by atoms with Crippen molar-refractivity contribution in [3.05, 3.63) is 0 Å². The van der Waals surface area contributed by atoms with Crippen molar-refractivity contribution in [3.63, 3.8) is 0 Å². The summed E-state index contributed by atoms with van der Waals surface area (Å²) < 4.78 is 0. The van der Waals surface area contributed by atoms with Crippen LogP contribution in [0, 0.1) is 5.92 Å². The van der Waals surface area contributed by atoms with Crippen molar-refractivity contribution < 1.29 is 5.21 Å². The van der Waals surface area contributed by atoms with Crippen LogP contribution in [-0.2, 0) is 0 Å². The van der Waals surface area contributed by atoms with Gasteiger partial charge < -0.3 is 10.5 Å². The van der Waals surface area contributed by atoms with E-state index in [-0.39, 0.29) is 0 Å². The number of rotatable bonds is 0. The summed E-state index contributed by atoms with van der Waals surface area (Å²) in [6.45, 7) is 2.94. The van der Waals surface area contributed by atoms with E-state index in [0.717, 1.165) is 26.1 Å². The maximum atomic E-state index is 9.37. The number of hydrogen-bond acceptors (Lipinski definition) is 3. The summed E-state index contributed by atoms with van der Waals surface area (Å²) >= 11 is 0. The first kappa shape index (κ1) is 6.58. The van der Waals surface area contributed by atoms with E-state index in [1.807, 2.05) is 0 Å². The van der Waals surface area contributed by atoms with E-state index in [1.54, 1.807) is 0 Å². The summed E-state index contributed by atoms with van der Waals surface area (Å²) in [6, 6.07) is 0.411. The Morgan fingerprint density at radius 1 is 1.40 bits per heavy atom. The van der Waals surface area contributed by atoms with Crippen molar-refractivity contribution in [1.29, 1.82) is 0 Å². The van der Waals surface area contributed by atoms with Gasteiger partial charge in [-0.25, -0.2) is 0 Å². The van der Waals surface area contributed by atoms with E-state index in [4.69, 9.17) is 0 Å². The quantitative estimate of drug-likeness (QED) is 0.502. The molecule has 0 spiro atoms. The third-order valence-corrected chi connectivity index (χ3v) is 2.65. The average Bonchev–Trinajstić information content (AvgIpc) is 2.36. The minimum absolute atomic E-state index is 0.411. The minimum atomic E-state index is 0.411. The molecule has 0 amide bonds. The maximum absolute atomic E-state index is 9.37. The van der Waals surface area contributed by atoms with Gasteiger partial charge in [-0.05, 0) is 25.3 Å². The lowest BCUT2D eigenvalue weighted by Crippen LogP contribution is -2.42. The second-order valence-electron chi connectivity index (χ2n) is 3.29. The SMILES string of the molecule is ON1CCCC2CNCC21. The van der Waals surface area contributed by atoms with Crippen LogP contribution in [0.25, 0.3) is 0 Å². The van der Waals surface area contributed by atoms with Gasteiger partial charge in [0.05, 0.1) is 6.04 Å². The molecule has 2 heterocycles. The molecule has 0 bridgehead atoms. The van der Waals surface area contributed by atoms with Crippen LogP contribution in [-0.4, -0.2) is 35.9 Å². The van der Waals surface area contributed by atoms with Crippen molar-refractivity contribution in [2.24, 2.45) is 5.92 Å². The number of fused-ring (bicyclic) bond motifs is 1. The molecule has 2 unspecified atom stereocenters. The lowest BCUT2D eigenvalue weighted by Gasteiger charge is -2.31. The fourth-order valence-corrected chi connectivity index (χ4v) is 2.04. The van der Waals surface area contributed by atoms with Crippen molar-refractivity contribution in [1.82, 2.24) is 10.4 Å². The topological polar surface area (TPSA) is 35.5 Å². The second-order valence-corrected chi connectivity index (χ2v) is 3.29. The fourth-order valence-electron chi connectivity index (χ4n) is 2.04. The zero-order valence-electron chi connectivity index (χ0n) is 6.08. The third kappa shape index (κ3) is 0.944. The molecule has 2 fully saturated rings. The molecular formula is C7H14N2O. The summed E-state index contributed by atoms with van der Waals surface area (Å²) in [4.78, 5) is 0. The highest BCUT2D eigenvalue weighted by Gasteiger charge is 2.33. The molecule has 2 rings (SSSR count).